The van der Waals surface area contributed by atoms with Crippen LogP contribution in [0.15, 0.2) is 52.9 Å². The molecule has 3 aromatic rings. The highest BCUT2D eigenvalue weighted by Crippen LogP contribution is 2.35. The van der Waals surface area contributed by atoms with Gasteiger partial charge >= 0.3 is 0 Å². The van der Waals surface area contributed by atoms with Crippen LogP contribution in [-0.2, 0) is 12.1 Å². The van der Waals surface area contributed by atoms with Crippen LogP contribution >= 0.6 is 0 Å². The number of furan rings is 1. The number of hydrogen-bond donors (Lipinski definition) is 2. The Morgan fingerprint density at radius 1 is 1.16 bits per heavy atom. The van der Waals surface area contributed by atoms with E-state index in [2.05, 4.69) is 55.3 Å². The van der Waals surface area contributed by atoms with Crippen LogP contribution in [0.5, 0.6) is 0 Å². The van der Waals surface area contributed by atoms with Gasteiger partial charge in [-0.15, -0.1) is 0 Å². The Balaban J connectivity index is 1.44. The first kappa shape index (κ1) is 21.6. The Labute approximate surface area is 184 Å². The highest BCUT2D eigenvalue weighted by atomic mass is 16.3. The molecular weight excluding hydrogens is 388 g/mol. The van der Waals surface area contributed by atoms with Gasteiger partial charge in [-0.05, 0) is 55.0 Å². The SMILES string of the molecule is Cc1cccc(CN2CCC(O)(c3ccc4oc(C(=O)NCC(C)C)cc4c3)CC2)c1. The monoisotopic (exact) mass is 420 g/mol. The molecule has 4 rings (SSSR count). The summed E-state index contributed by atoms with van der Waals surface area (Å²) in [6.45, 7) is 9.43. The molecule has 0 saturated carbocycles. The minimum absolute atomic E-state index is 0.199. The van der Waals surface area contributed by atoms with Gasteiger partial charge in [-0.2, -0.15) is 0 Å². The minimum atomic E-state index is -0.853. The summed E-state index contributed by atoms with van der Waals surface area (Å²) >= 11 is 0. The molecule has 0 atom stereocenters. The number of piperidine rings is 1. The number of nitrogens with zero attached hydrogens (tertiary/aromatic N) is 1. The normalized spacial score (nSPS) is 16.7. The third kappa shape index (κ3) is 5.00. The molecule has 5 heteroatoms. The second-order valence-corrected chi connectivity index (χ2v) is 9.26. The van der Waals surface area contributed by atoms with Crippen molar-refractivity contribution in [3.63, 3.8) is 0 Å². The van der Waals surface area contributed by atoms with Crippen molar-refractivity contribution in [3.8, 4) is 0 Å². The summed E-state index contributed by atoms with van der Waals surface area (Å²) in [5.41, 5.74) is 3.29. The van der Waals surface area contributed by atoms with Crippen LogP contribution in [0.2, 0.25) is 0 Å². The Morgan fingerprint density at radius 3 is 2.65 bits per heavy atom. The molecule has 1 saturated heterocycles. The first-order valence-corrected chi connectivity index (χ1v) is 11.1. The third-order valence-electron chi connectivity index (χ3n) is 6.12. The lowest BCUT2D eigenvalue weighted by Crippen LogP contribution is -2.42. The lowest BCUT2D eigenvalue weighted by atomic mass is 9.84. The predicted molar refractivity (Wildman–Crippen MR) is 123 cm³/mol. The molecule has 0 bridgehead atoms. The van der Waals surface area contributed by atoms with Gasteiger partial charge in [-0.25, -0.2) is 0 Å². The summed E-state index contributed by atoms with van der Waals surface area (Å²) in [4.78, 5) is 14.7. The average molecular weight is 421 g/mol. The first-order valence-electron chi connectivity index (χ1n) is 11.1. The van der Waals surface area contributed by atoms with E-state index in [1.165, 1.54) is 11.1 Å². The number of likely N-dealkylation sites (tertiary alicyclic amines) is 1. The Bertz CT molecular complexity index is 1060. The zero-order chi connectivity index (χ0) is 22.0. The van der Waals surface area contributed by atoms with E-state index in [0.717, 1.165) is 30.6 Å². The summed E-state index contributed by atoms with van der Waals surface area (Å²) in [5, 5.41) is 15.1. The molecule has 0 aliphatic carbocycles. The van der Waals surface area contributed by atoms with Crippen molar-refractivity contribution >= 4 is 16.9 Å². The molecule has 0 spiro atoms. The lowest BCUT2D eigenvalue weighted by Gasteiger charge is -2.38. The molecule has 2 N–H and O–H groups in total. The van der Waals surface area contributed by atoms with Gasteiger partial charge in [0.05, 0.1) is 5.60 Å². The van der Waals surface area contributed by atoms with Crippen LogP contribution in [-0.4, -0.2) is 35.5 Å². The smallest absolute Gasteiger partial charge is 0.287 e. The number of fused-ring (bicyclic) bond motifs is 1. The van der Waals surface area contributed by atoms with Crippen molar-refractivity contribution < 1.29 is 14.3 Å². The van der Waals surface area contributed by atoms with Gasteiger partial charge in [0.25, 0.3) is 5.91 Å². The van der Waals surface area contributed by atoms with E-state index < -0.39 is 5.60 Å². The first-order chi connectivity index (χ1) is 14.8. The number of benzene rings is 2. The Morgan fingerprint density at radius 2 is 1.94 bits per heavy atom. The molecule has 2 heterocycles. The van der Waals surface area contributed by atoms with Crippen molar-refractivity contribution in [2.75, 3.05) is 19.6 Å². The molecule has 0 unspecified atom stereocenters. The average Bonchev–Trinajstić information content (AvgIpc) is 3.17. The number of aryl methyl sites for hydroxylation is 1. The van der Waals surface area contributed by atoms with Crippen molar-refractivity contribution in [1.29, 1.82) is 0 Å². The fraction of sp³-hybridized carbons (Fsp3) is 0.423. The Kier molecular flexibility index (Phi) is 6.17. The maximum absolute atomic E-state index is 12.3. The largest absolute Gasteiger partial charge is 0.451 e. The van der Waals surface area contributed by atoms with Gasteiger partial charge in [0.15, 0.2) is 5.76 Å². The van der Waals surface area contributed by atoms with E-state index in [4.69, 9.17) is 4.42 Å². The standard InChI is InChI=1S/C26H32N2O3/c1-18(2)16-27-25(29)24-15-21-14-22(7-8-23(21)31-24)26(30)9-11-28(12-10-26)17-20-6-4-5-19(3)13-20/h4-8,13-15,18,30H,9-12,16-17H2,1-3H3,(H,27,29). The Hall–Kier alpha value is -2.63. The summed E-state index contributed by atoms with van der Waals surface area (Å²) in [6.07, 6.45) is 1.37. The number of amides is 1. The number of nitrogens with one attached hydrogen (secondary N) is 1. The molecule has 31 heavy (non-hydrogen) atoms. The number of carbonyl (C=O) groups excluding carboxylic acids is 1. The molecule has 0 radical (unpaired) electrons. The highest BCUT2D eigenvalue weighted by Gasteiger charge is 2.34. The fourth-order valence-electron chi connectivity index (χ4n) is 4.27. The van der Waals surface area contributed by atoms with E-state index in [1.807, 2.05) is 18.2 Å². The fourth-order valence-corrected chi connectivity index (χ4v) is 4.27. The van der Waals surface area contributed by atoms with Gasteiger partial charge in [0.1, 0.15) is 5.58 Å². The van der Waals surface area contributed by atoms with Gasteiger partial charge in [0.2, 0.25) is 0 Å². The molecule has 1 aromatic heterocycles. The van der Waals surface area contributed by atoms with E-state index >= 15 is 0 Å². The molecule has 1 aliphatic rings. The summed E-state index contributed by atoms with van der Waals surface area (Å²) in [7, 11) is 0. The van der Waals surface area contributed by atoms with Crippen LogP contribution in [0, 0.1) is 12.8 Å². The zero-order valence-corrected chi connectivity index (χ0v) is 18.6. The number of hydrogen-bond acceptors (Lipinski definition) is 4. The molecular formula is C26H32N2O3. The van der Waals surface area contributed by atoms with Gasteiger partial charge in [-0.3, -0.25) is 9.69 Å². The van der Waals surface area contributed by atoms with Crippen LogP contribution in [0.3, 0.4) is 0 Å². The third-order valence-corrected chi connectivity index (χ3v) is 6.12. The highest BCUT2D eigenvalue weighted by molar-refractivity contribution is 5.96. The molecule has 164 valence electrons. The molecule has 5 nitrogen and oxygen atoms in total. The predicted octanol–water partition coefficient (Wildman–Crippen LogP) is 4.61. The van der Waals surface area contributed by atoms with Crippen LogP contribution in [0.4, 0.5) is 0 Å². The van der Waals surface area contributed by atoms with Crippen LogP contribution in [0.1, 0.15) is 53.9 Å². The summed E-state index contributed by atoms with van der Waals surface area (Å²) < 4.78 is 5.73. The number of aliphatic hydroxyl groups is 1. The van der Waals surface area contributed by atoms with E-state index in [-0.39, 0.29) is 5.91 Å². The molecule has 2 aromatic carbocycles. The molecule has 1 aliphatic heterocycles. The maximum Gasteiger partial charge on any atom is 0.287 e. The molecule has 1 amide bonds. The number of carbonyl (C=O) groups is 1. The van der Waals surface area contributed by atoms with Crippen molar-refractivity contribution in [2.45, 2.75) is 45.8 Å². The van der Waals surface area contributed by atoms with E-state index in [0.29, 0.717) is 36.6 Å². The van der Waals surface area contributed by atoms with Crippen molar-refractivity contribution in [2.24, 2.45) is 5.92 Å². The zero-order valence-electron chi connectivity index (χ0n) is 18.6. The minimum Gasteiger partial charge on any atom is -0.451 e. The van der Waals surface area contributed by atoms with Crippen molar-refractivity contribution in [3.05, 3.63) is 71.0 Å². The second kappa shape index (κ2) is 8.85. The maximum atomic E-state index is 12.3. The topological polar surface area (TPSA) is 65.7 Å². The van der Waals surface area contributed by atoms with E-state index in [1.54, 1.807) is 6.07 Å². The lowest BCUT2D eigenvalue weighted by molar-refractivity contribution is -0.0276. The van der Waals surface area contributed by atoms with Crippen LogP contribution < -0.4 is 5.32 Å². The quantitative estimate of drug-likeness (QED) is 0.611. The van der Waals surface area contributed by atoms with Gasteiger partial charge in [0, 0.05) is 31.6 Å². The van der Waals surface area contributed by atoms with E-state index in [9.17, 15) is 9.90 Å². The van der Waals surface area contributed by atoms with Crippen LogP contribution in [0.25, 0.3) is 11.0 Å². The number of rotatable bonds is 6. The van der Waals surface area contributed by atoms with Crippen molar-refractivity contribution in [1.82, 2.24) is 10.2 Å². The second-order valence-electron chi connectivity index (χ2n) is 9.26. The van der Waals surface area contributed by atoms with Gasteiger partial charge in [-0.1, -0.05) is 49.7 Å². The summed E-state index contributed by atoms with van der Waals surface area (Å²) in [6, 6.07) is 16.1. The summed E-state index contributed by atoms with van der Waals surface area (Å²) in [5.74, 6) is 0.494. The van der Waals surface area contributed by atoms with Gasteiger partial charge < -0.3 is 14.8 Å². The molecule has 1 fully saturated rings.